The summed E-state index contributed by atoms with van der Waals surface area (Å²) in [4.78, 5) is 28.7. The maximum absolute atomic E-state index is 13.9. The van der Waals surface area contributed by atoms with E-state index in [4.69, 9.17) is 18.9 Å². The summed E-state index contributed by atoms with van der Waals surface area (Å²) in [6.45, 7) is 6.78. The van der Waals surface area contributed by atoms with Crippen LogP contribution < -0.4 is 24.1 Å². The first-order chi connectivity index (χ1) is 18.5. The Kier molecular flexibility index (Phi) is 9.78. The van der Waals surface area contributed by atoms with Crippen LogP contribution in [0.2, 0.25) is 0 Å². The van der Waals surface area contributed by atoms with Crippen molar-refractivity contribution in [3.05, 3.63) is 65.9 Å². The summed E-state index contributed by atoms with van der Waals surface area (Å²) >= 11 is 0. The van der Waals surface area contributed by atoms with E-state index in [0.29, 0.717) is 5.56 Å². The van der Waals surface area contributed by atoms with Gasteiger partial charge < -0.3 is 18.9 Å². The lowest BCUT2D eigenvalue weighted by atomic mass is 10.2. The largest absolute Gasteiger partial charge is 0.494 e. The van der Waals surface area contributed by atoms with Crippen LogP contribution in [0.4, 0.5) is 5.69 Å². The average Bonchev–Trinajstić information content (AvgIpc) is 2.93. The van der Waals surface area contributed by atoms with E-state index in [1.807, 2.05) is 0 Å². The number of hydrogen-bond donors (Lipinski definition) is 1. The zero-order valence-corrected chi connectivity index (χ0v) is 23.7. The van der Waals surface area contributed by atoms with Crippen molar-refractivity contribution < 1.29 is 32.2 Å². The fraction of sp³-hybridized carbons (Fsp3) is 0.385. The minimum atomic E-state index is -4.33. The molecule has 2 heterocycles. The van der Waals surface area contributed by atoms with E-state index in [1.165, 1.54) is 46.8 Å². The molecule has 1 aromatic carbocycles. The summed E-state index contributed by atoms with van der Waals surface area (Å²) < 4.78 is 49.7. The fourth-order valence-corrected chi connectivity index (χ4v) is 4.83. The number of para-hydroxylation sites is 1. The Balaban J connectivity index is 2.11. The second-order valence-electron chi connectivity index (χ2n) is 8.83. The minimum Gasteiger partial charge on any atom is -0.494 e. The average molecular weight is 560 g/mol. The van der Waals surface area contributed by atoms with Crippen LogP contribution in [0.5, 0.6) is 17.4 Å². The number of sulfonamides is 1. The molecule has 0 aliphatic rings. The maximum Gasteiger partial charge on any atom is 0.275 e. The van der Waals surface area contributed by atoms with Crippen molar-refractivity contribution in [2.45, 2.75) is 45.2 Å². The maximum atomic E-state index is 13.9. The summed E-state index contributed by atoms with van der Waals surface area (Å²) in [6.07, 6.45) is 4.32. The number of anilines is 1. The molecule has 39 heavy (non-hydrogen) atoms. The van der Waals surface area contributed by atoms with Crippen LogP contribution in [0, 0.1) is 6.92 Å². The van der Waals surface area contributed by atoms with Gasteiger partial charge in [-0.05, 0) is 51.5 Å². The lowest BCUT2D eigenvalue weighted by Gasteiger charge is -2.30. The number of methoxy groups -OCH3 is 3. The Hall–Kier alpha value is -3.81. The van der Waals surface area contributed by atoms with E-state index >= 15 is 0 Å². The molecule has 1 amide bonds. The number of pyridine rings is 1. The molecule has 3 rings (SSSR count). The molecule has 0 radical (unpaired) electrons. The van der Waals surface area contributed by atoms with Crippen LogP contribution in [-0.4, -0.2) is 62.0 Å². The van der Waals surface area contributed by atoms with Gasteiger partial charge >= 0.3 is 0 Å². The zero-order chi connectivity index (χ0) is 28.7. The van der Waals surface area contributed by atoms with Crippen LogP contribution in [-0.2, 0) is 14.8 Å². The van der Waals surface area contributed by atoms with Crippen LogP contribution in [0.1, 0.15) is 48.5 Å². The number of rotatable bonds is 12. The summed E-state index contributed by atoms with van der Waals surface area (Å²) in [6, 6.07) is 6.42. The van der Waals surface area contributed by atoms with Gasteiger partial charge in [-0.15, -0.1) is 4.83 Å². The summed E-state index contributed by atoms with van der Waals surface area (Å²) in [5, 5.41) is -0.347. The third-order valence-corrected chi connectivity index (χ3v) is 7.32. The molecule has 0 saturated carbocycles. The highest BCUT2D eigenvalue weighted by Crippen LogP contribution is 2.38. The molecule has 12 nitrogen and oxygen atoms in total. The fourth-order valence-electron chi connectivity index (χ4n) is 3.71. The highest BCUT2D eigenvalue weighted by molar-refractivity contribution is 7.90. The Morgan fingerprint density at radius 1 is 0.949 bits per heavy atom. The molecule has 13 heteroatoms. The molecule has 2 aromatic heterocycles. The Morgan fingerprint density at radius 3 is 2.13 bits per heavy atom. The van der Waals surface area contributed by atoms with Gasteiger partial charge in [0.2, 0.25) is 15.9 Å². The topological polar surface area (TPSA) is 142 Å². The Labute approximate surface area is 228 Å². The predicted molar refractivity (Wildman–Crippen MR) is 144 cm³/mol. The van der Waals surface area contributed by atoms with Gasteiger partial charge in [0.25, 0.3) is 5.91 Å². The number of aryl methyl sites for hydroxylation is 1. The van der Waals surface area contributed by atoms with Gasteiger partial charge in [0.15, 0.2) is 0 Å². The minimum absolute atomic E-state index is 0.0651. The number of carbonyl (C=O) groups excluding carboxylic acids is 1. The van der Waals surface area contributed by atoms with Crippen LogP contribution in [0.25, 0.3) is 0 Å². The quantitative estimate of drug-likeness (QED) is 0.329. The first-order valence-corrected chi connectivity index (χ1v) is 13.6. The molecule has 3 aromatic rings. The molecule has 1 N–H and O–H groups in total. The third-order valence-electron chi connectivity index (χ3n) is 5.65. The second-order valence-corrected chi connectivity index (χ2v) is 10.8. The zero-order valence-electron chi connectivity index (χ0n) is 22.9. The van der Waals surface area contributed by atoms with Crippen molar-refractivity contribution in [3.8, 4) is 17.4 Å². The Morgan fingerprint density at radius 2 is 1.62 bits per heavy atom. The molecule has 0 saturated heterocycles. The smallest absolute Gasteiger partial charge is 0.275 e. The summed E-state index contributed by atoms with van der Waals surface area (Å²) in [7, 11) is -0.0734. The molecular weight excluding hydrogens is 526 g/mol. The van der Waals surface area contributed by atoms with Crippen LogP contribution >= 0.6 is 0 Å². The normalized spacial score (nSPS) is 13.0. The summed E-state index contributed by atoms with van der Waals surface area (Å²) in [5.41, 5.74) is 1.20. The molecule has 0 unspecified atom stereocenters. The van der Waals surface area contributed by atoms with Gasteiger partial charge in [0, 0.05) is 12.4 Å². The van der Waals surface area contributed by atoms with Gasteiger partial charge in [-0.25, -0.2) is 18.4 Å². The Bertz CT molecular complexity index is 1360. The molecule has 210 valence electrons. The monoisotopic (exact) mass is 559 g/mol. The lowest BCUT2D eigenvalue weighted by molar-refractivity contribution is 0.00362. The summed E-state index contributed by atoms with van der Waals surface area (Å²) in [5.74, 6) is -0.0258. The van der Waals surface area contributed by atoms with Gasteiger partial charge in [-0.1, -0.05) is 6.07 Å². The number of ether oxygens (including phenoxy) is 4. The second kappa shape index (κ2) is 12.8. The van der Waals surface area contributed by atoms with Gasteiger partial charge in [0.05, 0.1) is 51.1 Å². The van der Waals surface area contributed by atoms with E-state index < -0.39 is 27.3 Å². The van der Waals surface area contributed by atoms with Crippen LogP contribution in [0.3, 0.4) is 0 Å². The van der Waals surface area contributed by atoms with E-state index in [9.17, 15) is 13.2 Å². The number of aromatic nitrogens is 3. The molecule has 0 bridgehead atoms. The third kappa shape index (κ3) is 6.99. The van der Waals surface area contributed by atoms with E-state index in [2.05, 4.69) is 19.8 Å². The van der Waals surface area contributed by atoms with Crippen molar-refractivity contribution in [3.63, 3.8) is 0 Å². The molecule has 0 spiro atoms. The van der Waals surface area contributed by atoms with E-state index in [-0.39, 0.29) is 40.4 Å². The van der Waals surface area contributed by atoms with Gasteiger partial charge in [-0.3, -0.25) is 14.8 Å². The van der Waals surface area contributed by atoms with Crippen LogP contribution in [0.15, 0.2) is 49.1 Å². The van der Waals surface area contributed by atoms with E-state index in [1.54, 1.807) is 51.2 Å². The van der Waals surface area contributed by atoms with Crippen molar-refractivity contribution >= 4 is 21.6 Å². The molecule has 0 aliphatic carbocycles. The SMILES string of the molecule is COc1cnc([C@@H](OC(C)C)[C@@H](C)S(=O)(=O)NN(C(=O)c2cncc(C)c2)c2c(OC)cccc2OC)cn1. The highest BCUT2D eigenvalue weighted by atomic mass is 32.2. The number of hydrogen-bond acceptors (Lipinski definition) is 10. The molecule has 2 atom stereocenters. The number of hydrazine groups is 1. The standard InChI is InChI=1S/C26H33N5O7S/c1-16(2)38-25(20-14-29-23(37-7)15-28-20)18(4)39(33,34)30-31(26(32)19-11-17(3)12-27-13-19)24-21(35-5)9-8-10-22(24)36-6/h8-16,18,25,30H,1-7H3/t18-,25+/m1/s1. The predicted octanol–water partition coefficient (Wildman–Crippen LogP) is 3.24. The van der Waals surface area contributed by atoms with Gasteiger partial charge in [0.1, 0.15) is 28.5 Å². The lowest BCUT2D eigenvalue weighted by Crippen LogP contribution is -2.51. The number of benzene rings is 1. The van der Waals surface area contributed by atoms with Crippen molar-refractivity contribution in [2.75, 3.05) is 26.3 Å². The first kappa shape index (κ1) is 29.7. The first-order valence-electron chi connectivity index (χ1n) is 12.0. The van der Waals surface area contributed by atoms with Crippen molar-refractivity contribution in [1.82, 2.24) is 19.8 Å². The number of nitrogens with zero attached hydrogens (tertiary/aromatic N) is 4. The number of carbonyl (C=O) groups is 1. The van der Waals surface area contributed by atoms with E-state index in [0.717, 1.165) is 5.01 Å². The van der Waals surface area contributed by atoms with Crippen molar-refractivity contribution in [2.24, 2.45) is 0 Å². The number of nitrogens with one attached hydrogen (secondary N) is 1. The highest BCUT2D eigenvalue weighted by Gasteiger charge is 2.37. The van der Waals surface area contributed by atoms with Crippen molar-refractivity contribution in [1.29, 1.82) is 0 Å². The molecule has 0 aliphatic heterocycles. The molecule has 0 fully saturated rings. The number of amides is 1. The van der Waals surface area contributed by atoms with Gasteiger partial charge in [-0.2, -0.15) is 0 Å². The molecular formula is C26H33N5O7S.